The van der Waals surface area contributed by atoms with Crippen LogP contribution in [0.15, 0.2) is 40.2 Å². The van der Waals surface area contributed by atoms with Gasteiger partial charge in [0.15, 0.2) is 17.0 Å². The Bertz CT molecular complexity index is 1410. The minimum Gasteiger partial charge on any atom is -0.371 e. The maximum atomic E-state index is 12.7. The summed E-state index contributed by atoms with van der Waals surface area (Å²) in [6, 6.07) is 6.98. The number of piperidine rings is 1. The monoisotopic (exact) mass is 429 g/mol. The maximum absolute atomic E-state index is 12.7. The largest absolute Gasteiger partial charge is 0.371 e. The first kappa shape index (κ1) is 18.1. The van der Waals surface area contributed by atoms with Crippen LogP contribution < -0.4 is 10.5 Å². The smallest absolute Gasteiger partial charge is 0.280 e. The molecule has 9 heteroatoms. The van der Waals surface area contributed by atoms with Crippen molar-refractivity contribution in [3.8, 4) is 0 Å². The molecule has 2 unspecified atom stereocenters. The third-order valence-corrected chi connectivity index (χ3v) is 7.43. The highest BCUT2D eigenvalue weighted by Crippen LogP contribution is 2.58. The van der Waals surface area contributed by atoms with Crippen LogP contribution in [0, 0.1) is 11.8 Å². The summed E-state index contributed by atoms with van der Waals surface area (Å²) in [6.45, 7) is 2.29. The second-order valence-electron chi connectivity index (χ2n) is 9.32. The van der Waals surface area contributed by atoms with E-state index in [9.17, 15) is 4.79 Å². The maximum Gasteiger partial charge on any atom is 0.280 e. The summed E-state index contributed by atoms with van der Waals surface area (Å²) in [5.41, 5.74) is 5.14. The first-order chi connectivity index (χ1) is 15.7. The molecule has 2 fully saturated rings. The molecule has 7 rings (SSSR count). The van der Waals surface area contributed by atoms with Crippen LogP contribution in [-0.2, 0) is 26.4 Å². The Morgan fingerprint density at radius 2 is 1.91 bits per heavy atom. The fraction of sp³-hybridized carbons (Fsp3) is 0.435. The number of fused-ring (bicyclic) bond motifs is 3. The topological polar surface area (TPSA) is 94.9 Å². The highest BCUT2D eigenvalue weighted by molar-refractivity contribution is 5.68. The van der Waals surface area contributed by atoms with E-state index in [4.69, 9.17) is 4.52 Å². The van der Waals surface area contributed by atoms with Gasteiger partial charge in [-0.05, 0) is 54.4 Å². The Hall–Kier alpha value is -3.49. The van der Waals surface area contributed by atoms with Crippen molar-refractivity contribution in [2.24, 2.45) is 18.9 Å². The number of aryl methyl sites for hydroxylation is 3. The molecule has 32 heavy (non-hydrogen) atoms. The first-order valence-corrected chi connectivity index (χ1v) is 11.2. The molecule has 162 valence electrons. The number of rotatable bonds is 4. The highest BCUT2D eigenvalue weighted by atomic mass is 16.5. The average Bonchev–Trinajstić information content (AvgIpc) is 3.38. The molecule has 2 aliphatic carbocycles. The molecular formula is C23H23N7O2. The van der Waals surface area contributed by atoms with E-state index in [1.807, 2.05) is 0 Å². The second-order valence-corrected chi connectivity index (χ2v) is 9.32. The van der Waals surface area contributed by atoms with Crippen LogP contribution in [0.25, 0.3) is 11.2 Å². The molecule has 1 aromatic carbocycles. The van der Waals surface area contributed by atoms with Crippen LogP contribution in [0.5, 0.6) is 0 Å². The molecule has 0 N–H and O–H groups in total. The van der Waals surface area contributed by atoms with Crippen molar-refractivity contribution in [2.45, 2.75) is 31.7 Å². The number of nitrogens with zero attached hydrogens (tertiary/aromatic N) is 7. The lowest BCUT2D eigenvalue weighted by atomic mass is 10.1. The third kappa shape index (κ3) is 2.66. The van der Waals surface area contributed by atoms with Crippen LogP contribution in [0.2, 0.25) is 0 Å². The third-order valence-electron chi connectivity index (χ3n) is 7.43. The zero-order valence-corrected chi connectivity index (χ0v) is 17.8. The number of anilines is 1. The van der Waals surface area contributed by atoms with E-state index in [1.54, 1.807) is 17.9 Å². The van der Waals surface area contributed by atoms with E-state index >= 15 is 0 Å². The number of imidazole rings is 1. The van der Waals surface area contributed by atoms with Gasteiger partial charge in [0.05, 0.1) is 6.33 Å². The van der Waals surface area contributed by atoms with Crippen LogP contribution in [-0.4, -0.2) is 42.3 Å². The number of hydrogen-bond acceptors (Lipinski definition) is 7. The summed E-state index contributed by atoms with van der Waals surface area (Å²) in [5, 5.41) is 4.24. The molecular weight excluding hydrogens is 406 g/mol. The van der Waals surface area contributed by atoms with Crippen molar-refractivity contribution >= 4 is 16.9 Å². The molecule has 4 aromatic rings. The van der Waals surface area contributed by atoms with Crippen LogP contribution >= 0.6 is 0 Å². The van der Waals surface area contributed by atoms with Gasteiger partial charge in [-0.2, -0.15) is 4.98 Å². The second kappa shape index (κ2) is 6.51. The first-order valence-electron chi connectivity index (χ1n) is 11.2. The fourth-order valence-electron chi connectivity index (χ4n) is 5.67. The molecule has 0 bridgehead atoms. The van der Waals surface area contributed by atoms with Crippen LogP contribution in [0.4, 0.5) is 5.69 Å². The van der Waals surface area contributed by atoms with Crippen molar-refractivity contribution in [2.75, 3.05) is 18.0 Å². The Kier molecular flexibility index (Phi) is 3.68. The number of hydrogen-bond donors (Lipinski definition) is 0. The number of benzene rings is 1. The summed E-state index contributed by atoms with van der Waals surface area (Å²) in [5.74, 6) is 2.71. The molecule has 3 atom stereocenters. The Morgan fingerprint density at radius 1 is 1.09 bits per heavy atom. The Labute approximate surface area is 183 Å². The minimum absolute atomic E-state index is 0.164. The SMILES string of the molecule is Cn1cnc2ncn(Cc3nc(C4C5CN(c6ccc7c(c6)CCC7)C[C@H]54)no3)c(=O)c21. The minimum atomic E-state index is -0.164. The van der Waals surface area contributed by atoms with Gasteiger partial charge >= 0.3 is 0 Å². The normalized spacial score (nSPS) is 23.7. The van der Waals surface area contributed by atoms with Gasteiger partial charge in [0, 0.05) is 31.7 Å². The molecule has 1 saturated heterocycles. The molecule has 9 nitrogen and oxygen atoms in total. The molecule has 1 saturated carbocycles. The van der Waals surface area contributed by atoms with Gasteiger partial charge in [-0.1, -0.05) is 11.2 Å². The Morgan fingerprint density at radius 3 is 2.78 bits per heavy atom. The summed E-state index contributed by atoms with van der Waals surface area (Å²) in [7, 11) is 1.78. The van der Waals surface area contributed by atoms with E-state index in [0.29, 0.717) is 34.8 Å². The zero-order chi connectivity index (χ0) is 21.4. The predicted molar refractivity (Wildman–Crippen MR) is 117 cm³/mol. The number of aromatic nitrogens is 6. The summed E-state index contributed by atoms with van der Waals surface area (Å²) in [6.07, 6.45) is 6.80. The quantitative estimate of drug-likeness (QED) is 0.489. The molecule has 4 heterocycles. The predicted octanol–water partition coefficient (Wildman–Crippen LogP) is 1.90. The molecule has 0 amide bonds. The molecule has 3 aliphatic rings. The molecule has 0 radical (unpaired) electrons. The van der Waals surface area contributed by atoms with Crippen molar-refractivity contribution < 1.29 is 4.52 Å². The summed E-state index contributed by atoms with van der Waals surface area (Å²) < 4.78 is 8.66. The molecule has 3 aromatic heterocycles. The fourth-order valence-corrected chi connectivity index (χ4v) is 5.67. The van der Waals surface area contributed by atoms with Gasteiger partial charge in [-0.25, -0.2) is 9.97 Å². The lowest BCUT2D eigenvalue weighted by Crippen LogP contribution is -2.24. The van der Waals surface area contributed by atoms with Gasteiger partial charge < -0.3 is 14.0 Å². The van der Waals surface area contributed by atoms with Crippen molar-refractivity contribution in [3.63, 3.8) is 0 Å². The van der Waals surface area contributed by atoms with Crippen LogP contribution in [0.3, 0.4) is 0 Å². The Balaban J connectivity index is 1.06. The van der Waals surface area contributed by atoms with E-state index in [0.717, 1.165) is 18.9 Å². The van der Waals surface area contributed by atoms with Gasteiger partial charge in [0.1, 0.15) is 12.9 Å². The van der Waals surface area contributed by atoms with E-state index in [2.05, 4.69) is 43.2 Å². The van der Waals surface area contributed by atoms with Crippen LogP contribution in [0.1, 0.15) is 35.2 Å². The van der Waals surface area contributed by atoms with Gasteiger partial charge in [0.25, 0.3) is 5.56 Å². The molecule has 1 aliphatic heterocycles. The zero-order valence-electron chi connectivity index (χ0n) is 17.8. The lowest BCUT2D eigenvalue weighted by Gasteiger charge is -2.22. The van der Waals surface area contributed by atoms with Gasteiger partial charge in [-0.3, -0.25) is 9.36 Å². The molecule has 0 spiro atoms. The van der Waals surface area contributed by atoms with E-state index in [1.165, 1.54) is 47.0 Å². The van der Waals surface area contributed by atoms with Crippen molar-refractivity contribution in [3.05, 3.63) is 64.0 Å². The van der Waals surface area contributed by atoms with E-state index < -0.39 is 0 Å². The summed E-state index contributed by atoms with van der Waals surface area (Å²) in [4.78, 5) is 28.2. The lowest BCUT2D eigenvalue weighted by molar-refractivity contribution is 0.363. The van der Waals surface area contributed by atoms with Gasteiger partial charge in [0.2, 0.25) is 5.89 Å². The summed E-state index contributed by atoms with van der Waals surface area (Å²) >= 11 is 0. The van der Waals surface area contributed by atoms with E-state index in [-0.39, 0.29) is 12.1 Å². The standard InChI is InChI=1S/C23H23N7O2/c1-28-11-24-22-20(28)23(31)30(12-25-22)10-18-26-21(27-32-18)19-16-8-29(9-17(16)19)15-6-5-13-3-2-4-14(13)7-15/h5-7,11-12,16-17,19H,2-4,8-10H2,1H3/t16-,17?,19?/m1/s1. The van der Waals surface area contributed by atoms with Crippen molar-refractivity contribution in [1.29, 1.82) is 0 Å². The van der Waals surface area contributed by atoms with Gasteiger partial charge in [-0.15, -0.1) is 0 Å². The van der Waals surface area contributed by atoms with Crippen molar-refractivity contribution in [1.82, 2.24) is 29.2 Å². The average molecular weight is 429 g/mol. The highest BCUT2D eigenvalue weighted by Gasteiger charge is 2.58.